The van der Waals surface area contributed by atoms with E-state index < -0.39 is 0 Å². The van der Waals surface area contributed by atoms with E-state index in [9.17, 15) is 4.79 Å². The van der Waals surface area contributed by atoms with Gasteiger partial charge in [0.2, 0.25) is 5.91 Å². The number of nitrogens with zero attached hydrogens (tertiary/aromatic N) is 1. The van der Waals surface area contributed by atoms with Gasteiger partial charge in [-0.15, -0.1) is 0 Å². The summed E-state index contributed by atoms with van der Waals surface area (Å²) in [7, 11) is 0. The maximum atomic E-state index is 12.2. The van der Waals surface area contributed by atoms with Crippen LogP contribution < -0.4 is 5.32 Å². The number of fused-ring (bicyclic) bond motifs is 2. The van der Waals surface area contributed by atoms with Gasteiger partial charge in [0.15, 0.2) is 0 Å². The lowest BCUT2D eigenvalue weighted by Crippen LogP contribution is -2.56. The van der Waals surface area contributed by atoms with Crippen molar-refractivity contribution in [3.8, 4) is 0 Å². The van der Waals surface area contributed by atoms with E-state index in [0.717, 1.165) is 38.9 Å². The van der Waals surface area contributed by atoms with Crippen LogP contribution in [0.3, 0.4) is 0 Å². The van der Waals surface area contributed by atoms with Crippen LogP contribution in [0.5, 0.6) is 0 Å². The van der Waals surface area contributed by atoms with Crippen molar-refractivity contribution in [3.63, 3.8) is 0 Å². The minimum atomic E-state index is -0.144. The molecule has 2 heterocycles. The Morgan fingerprint density at radius 3 is 2.46 bits per heavy atom. The van der Waals surface area contributed by atoms with Crippen molar-refractivity contribution in [1.82, 2.24) is 10.2 Å². The highest BCUT2D eigenvalue weighted by Gasteiger charge is 2.41. The molecule has 0 saturated carbocycles. The fourth-order valence-corrected chi connectivity index (χ4v) is 4.18. The molecule has 0 atom stereocenters. The molecule has 2 aliphatic heterocycles. The summed E-state index contributed by atoms with van der Waals surface area (Å²) in [6, 6.07) is 19.1. The second-order valence-electron chi connectivity index (χ2n) is 7.04. The molecule has 1 saturated heterocycles. The van der Waals surface area contributed by atoms with Crippen LogP contribution >= 0.6 is 0 Å². The van der Waals surface area contributed by atoms with E-state index in [1.54, 1.807) is 0 Å². The van der Waals surface area contributed by atoms with Gasteiger partial charge in [-0.1, -0.05) is 54.6 Å². The van der Waals surface area contributed by atoms with Gasteiger partial charge in [-0.05, 0) is 36.0 Å². The van der Waals surface area contributed by atoms with Gasteiger partial charge in [0.25, 0.3) is 0 Å². The van der Waals surface area contributed by atoms with E-state index in [-0.39, 0.29) is 11.4 Å². The first-order chi connectivity index (χ1) is 11.8. The summed E-state index contributed by atoms with van der Waals surface area (Å²) in [5, 5.41) is 3.32. The van der Waals surface area contributed by atoms with Crippen LogP contribution in [-0.2, 0) is 23.2 Å². The van der Waals surface area contributed by atoms with Crippen molar-refractivity contribution >= 4 is 5.91 Å². The normalized spacial score (nSPS) is 19.8. The Morgan fingerprint density at radius 1 is 0.958 bits per heavy atom. The summed E-state index contributed by atoms with van der Waals surface area (Å²) < 4.78 is 0. The predicted molar refractivity (Wildman–Crippen MR) is 95.8 cm³/mol. The molecule has 3 heteroatoms. The van der Waals surface area contributed by atoms with Crippen LogP contribution in [0.25, 0.3) is 0 Å². The van der Waals surface area contributed by atoms with Gasteiger partial charge in [-0.25, -0.2) is 0 Å². The van der Waals surface area contributed by atoms with Crippen LogP contribution in [0.1, 0.15) is 29.5 Å². The highest BCUT2D eigenvalue weighted by atomic mass is 16.1. The van der Waals surface area contributed by atoms with Gasteiger partial charge in [-0.3, -0.25) is 4.79 Å². The van der Waals surface area contributed by atoms with Gasteiger partial charge in [0.05, 0.1) is 12.0 Å². The number of nitrogens with one attached hydrogen (secondary N) is 1. The molecule has 1 fully saturated rings. The molecule has 0 radical (unpaired) electrons. The van der Waals surface area contributed by atoms with E-state index >= 15 is 0 Å². The van der Waals surface area contributed by atoms with Gasteiger partial charge in [0, 0.05) is 19.6 Å². The van der Waals surface area contributed by atoms with Crippen LogP contribution in [-0.4, -0.2) is 30.4 Å². The average molecular weight is 320 g/mol. The Labute approximate surface area is 143 Å². The molecular weight excluding hydrogens is 296 g/mol. The van der Waals surface area contributed by atoms with Gasteiger partial charge in [0.1, 0.15) is 0 Å². The Bertz CT molecular complexity index is 718. The molecule has 4 rings (SSSR count). The van der Waals surface area contributed by atoms with E-state index in [4.69, 9.17) is 0 Å². The van der Waals surface area contributed by atoms with Crippen molar-refractivity contribution in [3.05, 3.63) is 71.3 Å². The molecule has 2 aliphatic rings. The molecule has 0 bridgehead atoms. The molecule has 124 valence electrons. The summed E-state index contributed by atoms with van der Waals surface area (Å²) in [6.07, 6.45) is 3.63. The quantitative estimate of drug-likeness (QED) is 0.943. The molecule has 2 aromatic rings. The van der Waals surface area contributed by atoms with E-state index in [1.807, 2.05) is 6.07 Å². The summed E-state index contributed by atoms with van der Waals surface area (Å²) in [6.45, 7) is 3.18. The number of likely N-dealkylation sites (tertiary alicyclic amines) is 1. The zero-order chi connectivity index (χ0) is 16.4. The molecule has 1 N–H and O–H groups in total. The molecule has 1 amide bonds. The second-order valence-corrected chi connectivity index (χ2v) is 7.04. The SMILES string of the molecule is O=C1Cc2ccccc2C2(CCN(CCc3ccccc3)CC2)N1. The van der Waals surface area contributed by atoms with Crippen LogP contribution in [0.2, 0.25) is 0 Å². The largest absolute Gasteiger partial charge is 0.346 e. The number of carbonyl (C=O) groups is 1. The first kappa shape index (κ1) is 15.4. The van der Waals surface area contributed by atoms with E-state index in [2.05, 4.69) is 58.7 Å². The first-order valence-electron chi connectivity index (χ1n) is 8.91. The summed E-state index contributed by atoms with van der Waals surface area (Å²) >= 11 is 0. The molecule has 24 heavy (non-hydrogen) atoms. The van der Waals surface area contributed by atoms with E-state index in [1.165, 1.54) is 16.7 Å². The van der Waals surface area contributed by atoms with Crippen LogP contribution in [0.4, 0.5) is 0 Å². The fourth-order valence-electron chi connectivity index (χ4n) is 4.18. The number of benzene rings is 2. The standard InChI is InChI=1S/C21H24N2O/c24-20-16-18-8-4-5-9-19(18)21(22-20)11-14-23(15-12-21)13-10-17-6-2-1-3-7-17/h1-9H,10-16H2,(H,22,24). The molecule has 2 aromatic carbocycles. The monoisotopic (exact) mass is 320 g/mol. The lowest BCUT2D eigenvalue weighted by Gasteiger charge is -2.45. The lowest BCUT2D eigenvalue weighted by molar-refractivity contribution is -0.124. The van der Waals surface area contributed by atoms with Crippen molar-refractivity contribution in [1.29, 1.82) is 0 Å². The van der Waals surface area contributed by atoms with Gasteiger partial charge in [-0.2, -0.15) is 0 Å². The van der Waals surface area contributed by atoms with Gasteiger partial charge < -0.3 is 10.2 Å². The van der Waals surface area contributed by atoms with E-state index in [0.29, 0.717) is 6.42 Å². The zero-order valence-corrected chi connectivity index (χ0v) is 14.0. The molecule has 3 nitrogen and oxygen atoms in total. The van der Waals surface area contributed by atoms with Crippen molar-refractivity contribution in [2.75, 3.05) is 19.6 Å². The van der Waals surface area contributed by atoms with Crippen LogP contribution in [0.15, 0.2) is 54.6 Å². The number of carbonyl (C=O) groups excluding carboxylic acids is 1. The highest BCUT2D eigenvalue weighted by Crippen LogP contribution is 2.37. The topological polar surface area (TPSA) is 32.3 Å². The third kappa shape index (κ3) is 2.96. The molecule has 0 aromatic heterocycles. The van der Waals surface area contributed by atoms with Crippen molar-refractivity contribution in [2.45, 2.75) is 31.2 Å². The van der Waals surface area contributed by atoms with Crippen molar-refractivity contribution in [2.24, 2.45) is 0 Å². The average Bonchev–Trinajstić information content (AvgIpc) is 2.62. The minimum absolute atomic E-state index is 0.144. The second kappa shape index (κ2) is 6.40. The number of hydrogen-bond acceptors (Lipinski definition) is 2. The molecule has 1 spiro atoms. The Hall–Kier alpha value is -2.13. The third-order valence-electron chi connectivity index (χ3n) is 5.53. The van der Waals surface area contributed by atoms with Gasteiger partial charge >= 0.3 is 0 Å². The number of piperidine rings is 1. The first-order valence-corrected chi connectivity index (χ1v) is 8.91. The zero-order valence-electron chi connectivity index (χ0n) is 14.0. The minimum Gasteiger partial charge on any atom is -0.346 e. The lowest BCUT2D eigenvalue weighted by atomic mass is 9.75. The highest BCUT2D eigenvalue weighted by molar-refractivity contribution is 5.82. The smallest absolute Gasteiger partial charge is 0.225 e. The third-order valence-corrected chi connectivity index (χ3v) is 5.53. The Morgan fingerprint density at radius 2 is 1.67 bits per heavy atom. The summed E-state index contributed by atoms with van der Waals surface area (Å²) in [5.41, 5.74) is 3.80. The number of amides is 1. The fraction of sp³-hybridized carbons (Fsp3) is 0.381. The maximum absolute atomic E-state index is 12.2. The Balaban J connectivity index is 1.43. The van der Waals surface area contributed by atoms with Crippen molar-refractivity contribution < 1.29 is 4.79 Å². The summed E-state index contributed by atoms with van der Waals surface area (Å²) in [4.78, 5) is 14.7. The van der Waals surface area contributed by atoms with Crippen LogP contribution in [0, 0.1) is 0 Å². The molecular formula is C21H24N2O. The predicted octanol–water partition coefficient (Wildman–Crippen LogP) is 2.89. The number of hydrogen-bond donors (Lipinski definition) is 1. The number of rotatable bonds is 3. The molecule has 0 aliphatic carbocycles. The molecule has 0 unspecified atom stereocenters. The maximum Gasteiger partial charge on any atom is 0.225 e. The Kier molecular flexibility index (Phi) is 4.11. The summed E-state index contributed by atoms with van der Waals surface area (Å²) in [5.74, 6) is 0.173.